The van der Waals surface area contributed by atoms with Gasteiger partial charge in [0, 0.05) is 22.5 Å². The molecular formula is C15H19BrN2S. The number of halogens is 1. The van der Waals surface area contributed by atoms with Gasteiger partial charge in [-0.1, -0.05) is 46.6 Å². The van der Waals surface area contributed by atoms with Crippen LogP contribution < -0.4 is 5.32 Å². The lowest BCUT2D eigenvalue weighted by atomic mass is 9.89. The second kappa shape index (κ2) is 5.49. The Balaban J connectivity index is 1.71. The van der Waals surface area contributed by atoms with Crippen molar-refractivity contribution in [3.05, 3.63) is 28.2 Å². The highest BCUT2D eigenvalue weighted by Crippen LogP contribution is 2.43. The van der Waals surface area contributed by atoms with Crippen LogP contribution in [0, 0.1) is 12.3 Å². The van der Waals surface area contributed by atoms with Gasteiger partial charge >= 0.3 is 0 Å². The van der Waals surface area contributed by atoms with Gasteiger partial charge in [0.2, 0.25) is 0 Å². The topological polar surface area (TPSA) is 24.4 Å². The number of hydrogen-bond donors (Lipinski definition) is 1. The van der Waals surface area contributed by atoms with Crippen molar-refractivity contribution in [1.29, 1.82) is 0 Å². The Morgan fingerprint density at radius 2 is 2.11 bits per heavy atom. The maximum absolute atomic E-state index is 4.78. The van der Waals surface area contributed by atoms with Gasteiger partial charge in [0.1, 0.15) is 0 Å². The zero-order valence-corrected chi connectivity index (χ0v) is 13.6. The number of benzene rings is 1. The van der Waals surface area contributed by atoms with Crippen LogP contribution in [-0.2, 0) is 0 Å². The predicted molar refractivity (Wildman–Crippen MR) is 88.2 cm³/mol. The molecule has 19 heavy (non-hydrogen) atoms. The van der Waals surface area contributed by atoms with Crippen LogP contribution in [0.3, 0.4) is 0 Å². The highest BCUT2D eigenvalue weighted by molar-refractivity contribution is 9.10. The molecule has 1 N–H and O–H groups in total. The molecule has 2 nitrogen and oxygen atoms in total. The average molecular weight is 339 g/mol. The molecule has 0 radical (unpaired) electrons. The Labute approximate surface area is 127 Å². The molecule has 0 aromatic heterocycles. The van der Waals surface area contributed by atoms with Gasteiger partial charge in [0.25, 0.3) is 0 Å². The number of hydrogen-bond acceptors (Lipinski definition) is 3. The molecule has 1 spiro atoms. The van der Waals surface area contributed by atoms with E-state index in [0.29, 0.717) is 5.41 Å². The molecule has 3 rings (SSSR count). The lowest BCUT2D eigenvalue weighted by molar-refractivity contribution is 0.359. The van der Waals surface area contributed by atoms with Gasteiger partial charge in [-0.25, -0.2) is 0 Å². The van der Waals surface area contributed by atoms with Crippen LogP contribution in [0.1, 0.15) is 31.2 Å². The minimum atomic E-state index is 0.516. The monoisotopic (exact) mass is 338 g/mol. The van der Waals surface area contributed by atoms with E-state index in [1.54, 1.807) is 0 Å². The first kappa shape index (κ1) is 13.5. The van der Waals surface area contributed by atoms with Crippen LogP contribution in [0.5, 0.6) is 0 Å². The van der Waals surface area contributed by atoms with Crippen LogP contribution in [-0.4, -0.2) is 17.5 Å². The molecule has 1 saturated carbocycles. The SMILES string of the molecule is Cc1ccc(Br)cc1NC1=NCC2(CCCC2)CS1. The molecule has 0 amide bonds. The Morgan fingerprint density at radius 1 is 1.32 bits per heavy atom. The van der Waals surface area contributed by atoms with E-state index in [9.17, 15) is 0 Å². The van der Waals surface area contributed by atoms with E-state index in [0.717, 1.165) is 21.9 Å². The molecule has 1 aromatic carbocycles. The first-order valence-electron chi connectivity index (χ1n) is 6.87. The summed E-state index contributed by atoms with van der Waals surface area (Å²) in [5.74, 6) is 1.23. The first-order valence-corrected chi connectivity index (χ1v) is 8.65. The van der Waals surface area contributed by atoms with Crippen molar-refractivity contribution in [3.8, 4) is 0 Å². The van der Waals surface area contributed by atoms with Gasteiger partial charge in [-0.05, 0) is 42.9 Å². The highest BCUT2D eigenvalue weighted by atomic mass is 79.9. The third kappa shape index (κ3) is 3.00. The molecule has 1 fully saturated rings. The number of thioether (sulfide) groups is 1. The molecule has 0 unspecified atom stereocenters. The zero-order valence-electron chi connectivity index (χ0n) is 11.2. The smallest absolute Gasteiger partial charge is 0.161 e. The number of aliphatic imine (C=N–C) groups is 1. The number of nitrogens with zero attached hydrogens (tertiary/aromatic N) is 1. The summed E-state index contributed by atoms with van der Waals surface area (Å²) in [5.41, 5.74) is 2.93. The maximum Gasteiger partial charge on any atom is 0.161 e. The predicted octanol–water partition coefficient (Wildman–Crippen LogP) is 4.83. The molecule has 1 aliphatic heterocycles. The number of aryl methyl sites for hydroxylation is 1. The lowest BCUT2D eigenvalue weighted by Gasteiger charge is -2.31. The molecule has 0 atom stereocenters. The first-order chi connectivity index (χ1) is 9.17. The van der Waals surface area contributed by atoms with Crippen molar-refractivity contribution >= 4 is 38.5 Å². The van der Waals surface area contributed by atoms with E-state index in [1.807, 2.05) is 11.8 Å². The van der Waals surface area contributed by atoms with Gasteiger partial charge in [0.15, 0.2) is 5.17 Å². The molecule has 0 bridgehead atoms. The average Bonchev–Trinajstić information content (AvgIpc) is 2.85. The van der Waals surface area contributed by atoms with Gasteiger partial charge in [-0.15, -0.1) is 0 Å². The van der Waals surface area contributed by atoms with Gasteiger partial charge in [-0.3, -0.25) is 4.99 Å². The fourth-order valence-electron chi connectivity index (χ4n) is 2.90. The van der Waals surface area contributed by atoms with Crippen molar-refractivity contribution in [2.75, 3.05) is 17.6 Å². The minimum absolute atomic E-state index is 0.516. The number of anilines is 1. The van der Waals surface area contributed by atoms with E-state index in [2.05, 4.69) is 46.4 Å². The number of nitrogens with one attached hydrogen (secondary N) is 1. The summed E-state index contributed by atoms with van der Waals surface area (Å²) in [6.45, 7) is 3.14. The largest absolute Gasteiger partial charge is 0.335 e. The quantitative estimate of drug-likeness (QED) is 0.792. The van der Waals surface area contributed by atoms with Gasteiger partial charge < -0.3 is 5.32 Å². The highest BCUT2D eigenvalue weighted by Gasteiger charge is 2.36. The minimum Gasteiger partial charge on any atom is -0.335 e. The van der Waals surface area contributed by atoms with Crippen LogP contribution in [0.2, 0.25) is 0 Å². The second-order valence-corrected chi connectivity index (χ2v) is 7.58. The normalized spacial score (nSPS) is 21.5. The van der Waals surface area contributed by atoms with Crippen molar-refractivity contribution in [1.82, 2.24) is 0 Å². The summed E-state index contributed by atoms with van der Waals surface area (Å²) in [6.07, 6.45) is 5.52. The molecular weight excluding hydrogens is 320 g/mol. The summed E-state index contributed by atoms with van der Waals surface area (Å²) in [4.78, 5) is 4.78. The van der Waals surface area contributed by atoms with Crippen LogP contribution in [0.25, 0.3) is 0 Å². The second-order valence-electron chi connectivity index (χ2n) is 5.70. The van der Waals surface area contributed by atoms with Crippen LogP contribution >= 0.6 is 27.7 Å². The fourth-order valence-corrected chi connectivity index (χ4v) is 4.42. The molecule has 1 heterocycles. The number of rotatable bonds is 1. The van der Waals surface area contributed by atoms with E-state index in [-0.39, 0.29) is 0 Å². The van der Waals surface area contributed by atoms with E-state index in [1.165, 1.54) is 37.0 Å². The van der Waals surface area contributed by atoms with Crippen molar-refractivity contribution < 1.29 is 0 Å². The summed E-state index contributed by atoms with van der Waals surface area (Å²) in [7, 11) is 0. The summed E-state index contributed by atoms with van der Waals surface area (Å²) < 4.78 is 1.11. The van der Waals surface area contributed by atoms with E-state index >= 15 is 0 Å². The molecule has 102 valence electrons. The molecule has 0 saturated heterocycles. The Bertz CT molecular complexity index is 507. The van der Waals surface area contributed by atoms with Crippen LogP contribution in [0.4, 0.5) is 5.69 Å². The molecule has 1 aromatic rings. The van der Waals surface area contributed by atoms with Crippen molar-refractivity contribution in [2.24, 2.45) is 10.4 Å². The maximum atomic E-state index is 4.78. The van der Waals surface area contributed by atoms with Gasteiger partial charge in [-0.2, -0.15) is 0 Å². The van der Waals surface area contributed by atoms with Gasteiger partial charge in [0.05, 0.1) is 0 Å². The van der Waals surface area contributed by atoms with E-state index < -0.39 is 0 Å². The van der Waals surface area contributed by atoms with Crippen molar-refractivity contribution in [2.45, 2.75) is 32.6 Å². The Kier molecular flexibility index (Phi) is 3.90. The molecule has 2 aliphatic rings. The summed E-state index contributed by atoms with van der Waals surface area (Å²) >= 11 is 5.42. The summed E-state index contributed by atoms with van der Waals surface area (Å²) in [5, 5.41) is 4.56. The Morgan fingerprint density at radius 3 is 2.79 bits per heavy atom. The van der Waals surface area contributed by atoms with Crippen molar-refractivity contribution in [3.63, 3.8) is 0 Å². The summed E-state index contributed by atoms with van der Waals surface area (Å²) in [6, 6.07) is 6.32. The fraction of sp³-hybridized carbons (Fsp3) is 0.533. The zero-order chi connectivity index (χ0) is 13.3. The Hall–Kier alpha value is -0.480. The molecule has 4 heteroatoms. The van der Waals surface area contributed by atoms with E-state index in [4.69, 9.17) is 4.99 Å². The standard InChI is InChI=1S/C15H19BrN2S/c1-11-4-5-12(16)8-13(11)18-14-17-9-15(10-19-14)6-2-3-7-15/h4-5,8H,2-3,6-7,9-10H2,1H3,(H,17,18). The molecule has 1 aliphatic carbocycles. The lowest BCUT2D eigenvalue weighted by Crippen LogP contribution is -2.30. The van der Waals surface area contributed by atoms with Crippen LogP contribution in [0.15, 0.2) is 27.7 Å². The third-order valence-electron chi connectivity index (χ3n) is 4.18. The third-order valence-corrected chi connectivity index (χ3v) is 5.93. The number of amidine groups is 1.